The van der Waals surface area contributed by atoms with Gasteiger partial charge in [-0.05, 0) is 13.3 Å². The van der Waals surface area contributed by atoms with Crippen molar-refractivity contribution in [3.63, 3.8) is 0 Å². The Balaban J connectivity index is 3.40. The molecule has 12 heavy (non-hydrogen) atoms. The average molecular weight is 173 g/mol. The van der Waals surface area contributed by atoms with Gasteiger partial charge < -0.3 is 9.94 Å². The SMILES string of the molecule is CCCCCO/N=C(\C)C(=O)O. The van der Waals surface area contributed by atoms with Gasteiger partial charge >= 0.3 is 5.97 Å². The van der Waals surface area contributed by atoms with E-state index >= 15 is 0 Å². The third-order valence-corrected chi connectivity index (χ3v) is 1.35. The molecule has 0 rings (SSSR count). The lowest BCUT2D eigenvalue weighted by molar-refractivity contribution is -0.129. The second kappa shape index (κ2) is 6.64. The first-order valence-corrected chi connectivity index (χ1v) is 4.08. The topological polar surface area (TPSA) is 58.9 Å². The Kier molecular flexibility index (Phi) is 6.05. The van der Waals surface area contributed by atoms with Gasteiger partial charge in [0.1, 0.15) is 6.61 Å². The van der Waals surface area contributed by atoms with Crippen molar-refractivity contribution in [1.82, 2.24) is 0 Å². The number of hydrogen-bond acceptors (Lipinski definition) is 3. The van der Waals surface area contributed by atoms with Gasteiger partial charge in [-0.25, -0.2) is 4.79 Å². The summed E-state index contributed by atoms with van der Waals surface area (Å²) in [4.78, 5) is 15.0. The van der Waals surface area contributed by atoms with Crippen LogP contribution in [0, 0.1) is 0 Å². The van der Waals surface area contributed by atoms with Gasteiger partial charge in [0.25, 0.3) is 0 Å². The molecule has 0 radical (unpaired) electrons. The van der Waals surface area contributed by atoms with Crippen LogP contribution in [0.4, 0.5) is 0 Å². The number of carboxylic acids is 1. The van der Waals surface area contributed by atoms with Gasteiger partial charge in [0.05, 0.1) is 0 Å². The quantitative estimate of drug-likeness (QED) is 0.377. The molecule has 0 aliphatic heterocycles. The fourth-order valence-electron chi connectivity index (χ4n) is 0.598. The van der Waals surface area contributed by atoms with E-state index in [4.69, 9.17) is 9.94 Å². The van der Waals surface area contributed by atoms with E-state index in [1.165, 1.54) is 6.92 Å². The van der Waals surface area contributed by atoms with Gasteiger partial charge in [0, 0.05) is 0 Å². The highest BCUT2D eigenvalue weighted by molar-refractivity contribution is 6.34. The smallest absolute Gasteiger partial charge is 0.353 e. The molecule has 0 aromatic heterocycles. The molecule has 0 unspecified atom stereocenters. The van der Waals surface area contributed by atoms with E-state index in [1.807, 2.05) is 0 Å². The highest BCUT2D eigenvalue weighted by atomic mass is 16.6. The largest absolute Gasteiger partial charge is 0.477 e. The van der Waals surface area contributed by atoms with E-state index in [9.17, 15) is 4.79 Å². The molecular formula is C8H15NO3. The number of oxime groups is 1. The first-order chi connectivity index (χ1) is 5.68. The van der Waals surface area contributed by atoms with Crippen molar-refractivity contribution in [2.75, 3.05) is 6.61 Å². The van der Waals surface area contributed by atoms with Crippen LogP contribution in [0.2, 0.25) is 0 Å². The van der Waals surface area contributed by atoms with Crippen LogP contribution in [0.15, 0.2) is 5.16 Å². The standard InChI is InChI=1S/C8H15NO3/c1-3-4-5-6-12-9-7(2)8(10)11/h3-6H2,1-2H3,(H,10,11)/b9-7+. The van der Waals surface area contributed by atoms with Crippen molar-refractivity contribution in [3.05, 3.63) is 0 Å². The van der Waals surface area contributed by atoms with Crippen molar-refractivity contribution in [1.29, 1.82) is 0 Å². The predicted molar refractivity (Wildman–Crippen MR) is 46.2 cm³/mol. The summed E-state index contributed by atoms with van der Waals surface area (Å²) >= 11 is 0. The van der Waals surface area contributed by atoms with E-state index in [1.54, 1.807) is 0 Å². The normalized spacial score (nSPS) is 11.3. The predicted octanol–water partition coefficient (Wildman–Crippen LogP) is 1.65. The Bertz CT molecular complexity index is 166. The van der Waals surface area contributed by atoms with Crippen molar-refractivity contribution in [2.24, 2.45) is 5.16 Å². The van der Waals surface area contributed by atoms with E-state index < -0.39 is 5.97 Å². The highest BCUT2D eigenvalue weighted by Gasteiger charge is 2.00. The minimum atomic E-state index is -1.04. The molecule has 0 aliphatic carbocycles. The maximum absolute atomic E-state index is 10.2. The van der Waals surface area contributed by atoms with E-state index in [0.29, 0.717) is 6.61 Å². The van der Waals surface area contributed by atoms with Crippen LogP contribution in [0.25, 0.3) is 0 Å². The summed E-state index contributed by atoms with van der Waals surface area (Å²) in [5, 5.41) is 11.8. The minimum absolute atomic E-state index is 0.00787. The summed E-state index contributed by atoms with van der Waals surface area (Å²) in [6, 6.07) is 0. The van der Waals surface area contributed by atoms with Gasteiger partial charge in [-0.2, -0.15) is 0 Å². The summed E-state index contributed by atoms with van der Waals surface area (Å²) < 4.78 is 0. The van der Waals surface area contributed by atoms with Gasteiger partial charge in [-0.15, -0.1) is 0 Å². The molecule has 0 saturated carbocycles. The summed E-state index contributed by atoms with van der Waals surface area (Å²) in [7, 11) is 0. The molecule has 0 aliphatic rings. The molecule has 0 aromatic carbocycles. The first-order valence-electron chi connectivity index (χ1n) is 4.08. The number of carbonyl (C=O) groups is 1. The zero-order chi connectivity index (χ0) is 9.40. The summed E-state index contributed by atoms with van der Waals surface area (Å²) in [5.41, 5.74) is -0.00787. The van der Waals surface area contributed by atoms with E-state index in [2.05, 4.69) is 12.1 Å². The molecule has 4 heteroatoms. The van der Waals surface area contributed by atoms with Crippen LogP contribution in [-0.4, -0.2) is 23.4 Å². The van der Waals surface area contributed by atoms with Crippen molar-refractivity contribution < 1.29 is 14.7 Å². The van der Waals surface area contributed by atoms with Gasteiger partial charge in [-0.3, -0.25) is 0 Å². The molecule has 70 valence electrons. The van der Waals surface area contributed by atoms with E-state index in [0.717, 1.165) is 19.3 Å². The Hall–Kier alpha value is -1.06. The third-order valence-electron chi connectivity index (χ3n) is 1.35. The monoisotopic (exact) mass is 173 g/mol. The maximum Gasteiger partial charge on any atom is 0.353 e. The van der Waals surface area contributed by atoms with Gasteiger partial charge in [0.15, 0.2) is 5.71 Å². The Labute approximate surface area is 72.2 Å². The molecule has 0 spiro atoms. The number of carboxylic acid groups (broad SMARTS) is 1. The van der Waals surface area contributed by atoms with Crippen LogP contribution in [0.1, 0.15) is 33.1 Å². The number of aliphatic carboxylic acids is 1. The van der Waals surface area contributed by atoms with Crippen LogP contribution in [-0.2, 0) is 9.63 Å². The summed E-state index contributed by atoms with van der Waals surface area (Å²) in [6.07, 6.45) is 3.12. The second-order valence-electron chi connectivity index (χ2n) is 2.52. The van der Waals surface area contributed by atoms with E-state index in [-0.39, 0.29) is 5.71 Å². The molecule has 0 saturated heterocycles. The number of nitrogens with zero attached hydrogens (tertiary/aromatic N) is 1. The van der Waals surface area contributed by atoms with Crippen LogP contribution in [0.5, 0.6) is 0 Å². The van der Waals surface area contributed by atoms with Crippen LogP contribution >= 0.6 is 0 Å². The zero-order valence-corrected chi connectivity index (χ0v) is 7.54. The van der Waals surface area contributed by atoms with Gasteiger partial charge in [0.2, 0.25) is 0 Å². The molecule has 0 heterocycles. The first kappa shape index (κ1) is 10.9. The zero-order valence-electron chi connectivity index (χ0n) is 7.54. The fourth-order valence-corrected chi connectivity index (χ4v) is 0.598. The molecule has 0 amide bonds. The summed E-state index contributed by atoms with van der Waals surface area (Å²) in [6.45, 7) is 3.99. The minimum Gasteiger partial charge on any atom is -0.477 e. The molecule has 0 fully saturated rings. The maximum atomic E-state index is 10.2. The lowest BCUT2D eigenvalue weighted by Gasteiger charge is -1.97. The third kappa shape index (κ3) is 5.70. The molecule has 0 aromatic rings. The number of hydrogen-bond donors (Lipinski definition) is 1. The lowest BCUT2D eigenvalue weighted by atomic mass is 10.3. The molecular weight excluding hydrogens is 158 g/mol. The van der Waals surface area contributed by atoms with Crippen molar-refractivity contribution in [2.45, 2.75) is 33.1 Å². The average Bonchev–Trinajstić information content (AvgIpc) is 2.03. The van der Waals surface area contributed by atoms with Crippen LogP contribution in [0.3, 0.4) is 0 Å². The summed E-state index contributed by atoms with van der Waals surface area (Å²) in [5.74, 6) is -1.04. The number of rotatable bonds is 6. The van der Waals surface area contributed by atoms with Crippen molar-refractivity contribution in [3.8, 4) is 0 Å². The second-order valence-corrected chi connectivity index (χ2v) is 2.52. The molecule has 0 bridgehead atoms. The van der Waals surface area contributed by atoms with Crippen LogP contribution < -0.4 is 0 Å². The fraction of sp³-hybridized carbons (Fsp3) is 0.750. The lowest BCUT2D eigenvalue weighted by Crippen LogP contribution is -2.08. The molecule has 1 N–H and O–H groups in total. The Morgan fingerprint density at radius 2 is 2.17 bits per heavy atom. The van der Waals surface area contributed by atoms with Crippen molar-refractivity contribution >= 4 is 11.7 Å². The molecule has 4 nitrogen and oxygen atoms in total. The van der Waals surface area contributed by atoms with Gasteiger partial charge in [-0.1, -0.05) is 24.9 Å². The Morgan fingerprint density at radius 3 is 2.67 bits per heavy atom. The Morgan fingerprint density at radius 1 is 1.50 bits per heavy atom. The number of unbranched alkanes of at least 4 members (excludes halogenated alkanes) is 2. The highest BCUT2D eigenvalue weighted by Crippen LogP contribution is 1.94. The molecule has 0 atom stereocenters.